The number of nitrogens with two attached hydrogens (primary N) is 1. The van der Waals surface area contributed by atoms with Gasteiger partial charge in [0.25, 0.3) is 0 Å². The second-order valence-electron chi connectivity index (χ2n) is 5.46. The maximum absolute atomic E-state index is 13.4. The summed E-state index contributed by atoms with van der Waals surface area (Å²) in [6.45, 7) is 4.35. The fourth-order valence-electron chi connectivity index (χ4n) is 2.72. The predicted octanol–water partition coefficient (Wildman–Crippen LogP) is 0.711. The van der Waals surface area contributed by atoms with Crippen molar-refractivity contribution in [2.24, 2.45) is 5.73 Å². The molecule has 1 atom stereocenters. The molecule has 1 aromatic carbocycles. The molecule has 118 valence electrons. The minimum absolute atomic E-state index is 0.00832. The van der Waals surface area contributed by atoms with Crippen molar-refractivity contribution in [1.29, 1.82) is 0 Å². The van der Waals surface area contributed by atoms with E-state index in [2.05, 4.69) is 4.90 Å². The Balaban J connectivity index is 2.11. The zero-order chi connectivity index (χ0) is 15.6. The topological polar surface area (TPSA) is 66.6 Å². The second kappa shape index (κ2) is 6.39. The monoisotopic (exact) mass is 315 g/mol. The van der Waals surface area contributed by atoms with E-state index < -0.39 is 10.0 Å². The zero-order valence-corrected chi connectivity index (χ0v) is 13.2. The normalized spacial score (nSPS) is 19.6. The standard InChI is InChI=1S/C14H22FN3O2S/c1-11-9-12(3-4-13(11)15)14(10-16)17-5-7-18(8-6-17)21(2,19)20/h3-4,9,14H,5-8,10,16H2,1-2H3. The lowest BCUT2D eigenvalue weighted by Gasteiger charge is -2.38. The van der Waals surface area contributed by atoms with Crippen LogP contribution < -0.4 is 5.73 Å². The summed E-state index contributed by atoms with van der Waals surface area (Å²) in [7, 11) is -3.13. The van der Waals surface area contributed by atoms with E-state index in [-0.39, 0.29) is 11.9 Å². The van der Waals surface area contributed by atoms with Gasteiger partial charge in [-0.15, -0.1) is 0 Å². The molecule has 0 amide bonds. The third-order valence-electron chi connectivity index (χ3n) is 3.97. The Kier molecular flexibility index (Phi) is 4.98. The minimum atomic E-state index is -3.13. The average molecular weight is 315 g/mol. The SMILES string of the molecule is Cc1cc(C(CN)N2CCN(S(C)(=O)=O)CC2)ccc1F. The van der Waals surface area contributed by atoms with Crippen molar-refractivity contribution in [3.63, 3.8) is 0 Å². The van der Waals surface area contributed by atoms with Crippen LogP contribution in [-0.4, -0.2) is 56.6 Å². The number of nitrogens with zero attached hydrogens (tertiary/aromatic N) is 2. The summed E-state index contributed by atoms with van der Waals surface area (Å²) in [5.41, 5.74) is 7.45. The van der Waals surface area contributed by atoms with Gasteiger partial charge < -0.3 is 5.73 Å². The van der Waals surface area contributed by atoms with Crippen molar-refractivity contribution in [2.45, 2.75) is 13.0 Å². The molecule has 5 nitrogen and oxygen atoms in total. The highest BCUT2D eigenvalue weighted by atomic mass is 32.2. The highest BCUT2D eigenvalue weighted by Crippen LogP contribution is 2.23. The summed E-state index contributed by atoms with van der Waals surface area (Å²) in [6, 6.07) is 5.02. The molecule has 1 aromatic rings. The number of hydrogen-bond donors (Lipinski definition) is 1. The first-order valence-electron chi connectivity index (χ1n) is 6.98. The van der Waals surface area contributed by atoms with Crippen molar-refractivity contribution in [1.82, 2.24) is 9.21 Å². The van der Waals surface area contributed by atoms with Crippen LogP contribution in [0.1, 0.15) is 17.2 Å². The largest absolute Gasteiger partial charge is 0.329 e. The smallest absolute Gasteiger partial charge is 0.211 e. The third kappa shape index (κ3) is 3.79. The van der Waals surface area contributed by atoms with E-state index in [9.17, 15) is 12.8 Å². The van der Waals surface area contributed by atoms with Crippen LogP contribution in [-0.2, 0) is 10.0 Å². The molecule has 0 radical (unpaired) electrons. The van der Waals surface area contributed by atoms with Gasteiger partial charge >= 0.3 is 0 Å². The molecule has 0 bridgehead atoms. The summed E-state index contributed by atoms with van der Waals surface area (Å²) < 4.78 is 37.9. The summed E-state index contributed by atoms with van der Waals surface area (Å²) >= 11 is 0. The van der Waals surface area contributed by atoms with Gasteiger partial charge in [-0.05, 0) is 24.1 Å². The molecule has 1 saturated heterocycles. The van der Waals surface area contributed by atoms with Gasteiger partial charge in [0.1, 0.15) is 5.82 Å². The number of sulfonamides is 1. The first-order chi connectivity index (χ1) is 9.82. The lowest BCUT2D eigenvalue weighted by atomic mass is 10.0. The van der Waals surface area contributed by atoms with Crippen LogP contribution in [0.5, 0.6) is 0 Å². The highest BCUT2D eigenvalue weighted by Gasteiger charge is 2.28. The van der Waals surface area contributed by atoms with E-state index in [1.807, 2.05) is 6.07 Å². The van der Waals surface area contributed by atoms with E-state index in [0.717, 1.165) is 5.56 Å². The predicted molar refractivity (Wildman–Crippen MR) is 80.9 cm³/mol. The Labute approximate surface area is 125 Å². The van der Waals surface area contributed by atoms with Gasteiger partial charge in [-0.1, -0.05) is 12.1 Å². The number of benzene rings is 1. The number of rotatable bonds is 4. The molecule has 2 rings (SSSR count). The maximum atomic E-state index is 13.4. The first-order valence-corrected chi connectivity index (χ1v) is 8.83. The van der Waals surface area contributed by atoms with Crippen LogP contribution in [0, 0.1) is 12.7 Å². The Bertz CT molecular complexity index is 598. The van der Waals surface area contributed by atoms with Crippen molar-refractivity contribution >= 4 is 10.0 Å². The maximum Gasteiger partial charge on any atom is 0.211 e. The molecule has 1 fully saturated rings. The van der Waals surface area contributed by atoms with Gasteiger partial charge in [0.15, 0.2) is 0 Å². The fourth-order valence-corrected chi connectivity index (χ4v) is 3.54. The van der Waals surface area contributed by atoms with Crippen LogP contribution in [0.4, 0.5) is 4.39 Å². The number of aryl methyl sites for hydroxylation is 1. The van der Waals surface area contributed by atoms with E-state index >= 15 is 0 Å². The van der Waals surface area contributed by atoms with Gasteiger partial charge in [-0.3, -0.25) is 4.90 Å². The summed E-state index contributed by atoms with van der Waals surface area (Å²) in [5.74, 6) is -0.226. The molecular formula is C14H22FN3O2S. The Hall–Kier alpha value is -1.02. The molecule has 7 heteroatoms. The quantitative estimate of drug-likeness (QED) is 0.889. The summed E-state index contributed by atoms with van der Waals surface area (Å²) in [5, 5.41) is 0. The Morgan fingerprint density at radius 2 is 1.90 bits per heavy atom. The average Bonchev–Trinajstić information content (AvgIpc) is 2.43. The Morgan fingerprint density at radius 3 is 2.38 bits per heavy atom. The van der Waals surface area contributed by atoms with E-state index in [4.69, 9.17) is 5.73 Å². The van der Waals surface area contributed by atoms with Crippen molar-refractivity contribution < 1.29 is 12.8 Å². The van der Waals surface area contributed by atoms with E-state index in [1.54, 1.807) is 13.0 Å². The second-order valence-corrected chi connectivity index (χ2v) is 7.44. The molecule has 2 N–H and O–H groups in total. The van der Waals surface area contributed by atoms with Gasteiger partial charge in [-0.25, -0.2) is 12.8 Å². The van der Waals surface area contributed by atoms with Crippen molar-refractivity contribution in [3.05, 3.63) is 35.1 Å². The van der Waals surface area contributed by atoms with E-state index in [0.29, 0.717) is 38.3 Å². The zero-order valence-electron chi connectivity index (χ0n) is 12.4. The first kappa shape index (κ1) is 16.4. The van der Waals surface area contributed by atoms with Gasteiger partial charge in [0, 0.05) is 38.8 Å². The fraction of sp³-hybridized carbons (Fsp3) is 0.571. The van der Waals surface area contributed by atoms with Gasteiger partial charge in [0.2, 0.25) is 10.0 Å². The molecule has 0 spiro atoms. The van der Waals surface area contributed by atoms with Crippen LogP contribution in [0.15, 0.2) is 18.2 Å². The van der Waals surface area contributed by atoms with Gasteiger partial charge in [0.05, 0.1) is 6.26 Å². The lowest BCUT2D eigenvalue weighted by Crippen LogP contribution is -2.50. The molecule has 0 aliphatic carbocycles. The van der Waals surface area contributed by atoms with Crippen LogP contribution in [0.25, 0.3) is 0 Å². The molecule has 1 heterocycles. The highest BCUT2D eigenvalue weighted by molar-refractivity contribution is 7.88. The Morgan fingerprint density at radius 1 is 1.29 bits per heavy atom. The lowest BCUT2D eigenvalue weighted by molar-refractivity contribution is 0.140. The van der Waals surface area contributed by atoms with Gasteiger partial charge in [-0.2, -0.15) is 4.31 Å². The van der Waals surface area contributed by atoms with Crippen LogP contribution in [0.2, 0.25) is 0 Å². The van der Waals surface area contributed by atoms with Crippen LogP contribution >= 0.6 is 0 Å². The molecule has 1 aliphatic heterocycles. The molecule has 0 saturated carbocycles. The number of halogens is 1. The van der Waals surface area contributed by atoms with Crippen LogP contribution in [0.3, 0.4) is 0 Å². The summed E-state index contributed by atoms with van der Waals surface area (Å²) in [6.07, 6.45) is 1.23. The van der Waals surface area contributed by atoms with Crippen molar-refractivity contribution in [3.8, 4) is 0 Å². The molecule has 1 unspecified atom stereocenters. The number of hydrogen-bond acceptors (Lipinski definition) is 4. The molecule has 1 aliphatic rings. The third-order valence-corrected chi connectivity index (χ3v) is 5.28. The molecule has 0 aromatic heterocycles. The van der Waals surface area contributed by atoms with Crippen molar-refractivity contribution in [2.75, 3.05) is 39.0 Å². The van der Waals surface area contributed by atoms with E-state index in [1.165, 1.54) is 16.6 Å². The molecule has 21 heavy (non-hydrogen) atoms. The summed E-state index contributed by atoms with van der Waals surface area (Å²) in [4.78, 5) is 2.16. The number of piperazine rings is 1. The molecular weight excluding hydrogens is 293 g/mol. The minimum Gasteiger partial charge on any atom is -0.329 e.